The van der Waals surface area contributed by atoms with Gasteiger partial charge in [-0.3, -0.25) is 4.90 Å². The van der Waals surface area contributed by atoms with Gasteiger partial charge in [-0.2, -0.15) is 0 Å². The molecular weight excluding hydrogens is 436 g/mol. The molecule has 0 radical (unpaired) electrons. The standard InChI is InChI=1S/C30H60N2O3/c1-3-4-5-6-7-8-9-10-11-12-13-14-15-16-17-18-22-30(31-23-19-26-33)29(2)32(24-20-27-34)25-21-28-35/h16-18,22,29-31,33-35H,3-15,19-21,23-28H2,1-2H3. The Labute approximate surface area is 218 Å². The Morgan fingerprint density at radius 3 is 1.69 bits per heavy atom. The molecule has 0 rings (SSSR count). The lowest BCUT2D eigenvalue weighted by Gasteiger charge is -2.34. The van der Waals surface area contributed by atoms with Crippen molar-refractivity contribution in [2.75, 3.05) is 39.5 Å². The molecule has 0 saturated carbocycles. The second-order valence-electron chi connectivity index (χ2n) is 9.98. The van der Waals surface area contributed by atoms with E-state index in [9.17, 15) is 10.2 Å². The zero-order valence-corrected chi connectivity index (χ0v) is 23.3. The third-order valence-electron chi connectivity index (χ3n) is 6.81. The Balaban J connectivity index is 4.20. The fourth-order valence-electron chi connectivity index (χ4n) is 4.50. The number of unbranched alkanes of at least 4 members (excludes halogenated alkanes) is 12. The molecule has 0 aromatic heterocycles. The van der Waals surface area contributed by atoms with E-state index < -0.39 is 0 Å². The first kappa shape index (κ1) is 34.3. The molecule has 2 unspecified atom stereocenters. The summed E-state index contributed by atoms with van der Waals surface area (Å²) in [5, 5.41) is 31.2. The van der Waals surface area contributed by atoms with Crippen LogP contribution in [0.1, 0.15) is 117 Å². The third-order valence-corrected chi connectivity index (χ3v) is 6.81. The zero-order chi connectivity index (χ0) is 25.8. The Bertz CT molecular complexity index is 463. The van der Waals surface area contributed by atoms with Crippen molar-refractivity contribution in [1.82, 2.24) is 10.2 Å². The molecule has 4 N–H and O–H groups in total. The molecule has 0 spiro atoms. The topological polar surface area (TPSA) is 76.0 Å². The molecule has 0 bridgehead atoms. The van der Waals surface area contributed by atoms with Crippen LogP contribution in [0.4, 0.5) is 0 Å². The van der Waals surface area contributed by atoms with Crippen LogP contribution in [0.25, 0.3) is 0 Å². The van der Waals surface area contributed by atoms with Crippen molar-refractivity contribution in [3.63, 3.8) is 0 Å². The molecule has 0 aromatic carbocycles. The Hall–Kier alpha value is -0.720. The molecule has 35 heavy (non-hydrogen) atoms. The first-order chi connectivity index (χ1) is 17.2. The van der Waals surface area contributed by atoms with E-state index in [1.165, 1.54) is 77.0 Å². The second-order valence-corrected chi connectivity index (χ2v) is 9.98. The van der Waals surface area contributed by atoms with Gasteiger partial charge in [0.05, 0.1) is 0 Å². The van der Waals surface area contributed by atoms with E-state index in [4.69, 9.17) is 5.11 Å². The monoisotopic (exact) mass is 496 g/mol. The maximum Gasteiger partial charge on any atom is 0.0443 e. The van der Waals surface area contributed by atoms with E-state index in [0.717, 1.165) is 45.3 Å². The van der Waals surface area contributed by atoms with Gasteiger partial charge in [0.15, 0.2) is 0 Å². The van der Waals surface area contributed by atoms with Crippen LogP contribution in [0, 0.1) is 0 Å². The number of rotatable bonds is 27. The number of aliphatic hydroxyl groups is 3. The van der Waals surface area contributed by atoms with Gasteiger partial charge < -0.3 is 20.6 Å². The van der Waals surface area contributed by atoms with E-state index in [-0.39, 0.29) is 31.9 Å². The highest BCUT2D eigenvalue weighted by Crippen LogP contribution is 2.13. The highest BCUT2D eigenvalue weighted by Gasteiger charge is 2.20. The highest BCUT2D eigenvalue weighted by atomic mass is 16.3. The molecule has 0 aliphatic heterocycles. The van der Waals surface area contributed by atoms with Crippen LogP contribution in [0.3, 0.4) is 0 Å². The molecule has 0 aromatic rings. The summed E-state index contributed by atoms with van der Waals surface area (Å²) in [5.74, 6) is 0. The number of aliphatic hydroxyl groups excluding tert-OH is 3. The van der Waals surface area contributed by atoms with E-state index in [1.807, 2.05) is 0 Å². The van der Waals surface area contributed by atoms with E-state index in [2.05, 4.69) is 48.4 Å². The van der Waals surface area contributed by atoms with Crippen LogP contribution in [-0.4, -0.2) is 71.8 Å². The third kappa shape index (κ3) is 22.2. The van der Waals surface area contributed by atoms with Gasteiger partial charge in [-0.05, 0) is 45.6 Å². The lowest BCUT2D eigenvalue weighted by molar-refractivity contribution is 0.149. The molecule has 5 heteroatoms. The summed E-state index contributed by atoms with van der Waals surface area (Å²) >= 11 is 0. The van der Waals surface area contributed by atoms with E-state index in [0.29, 0.717) is 0 Å². The predicted molar refractivity (Wildman–Crippen MR) is 152 cm³/mol. The minimum Gasteiger partial charge on any atom is -0.396 e. The summed E-state index contributed by atoms with van der Waals surface area (Å²) < 4.78 is 0. The number of allylic oxidation sites excluding steroid dienone is 3. The maximum atomic E-state index is 9.25. The van der Waals surface area contributed by atoms with Gasteiger partial charge in [-0.1, -0.05) is 102 Å². The molecule has 208 valence electrons. The van der Waals surface area contributed by atoms with Gasteiger partial charge in [0.25, 0.3) is 0 Å². The lowest BCUT2D eigenvalue weighted by atomic mass is 10.0. The summed E-state index contributed by atoms with van der Waals surface area (Å²) in [4.78, 5) is 2.34. The fraction of sp³-hybridized carbons (Fsp3) is 0.867. The summed E-state index contributed by atoms with van der Waals surface area (Å²) in [5.41, 5.74) is 0. The summed E-state index contributed by atoms with van der Waals surface area (Å²) in [7, 11) is 0. The Morgan fingerprint density at radius 1 is 0.657 bits per heavy atom. The van der Waals surface area contributed by atoms with Crippen LogP contribution in [-0.2, 0) is 0 Å². The maximum absolute atomic E-state index is 9.25. The van der Waals surface area contributed by atoms with Crippen LogP contribution >= 0.6 is 0 Å². The smallest absolute Gasteiger partial charge is 0.0443 e. The van der Waals surface area contributed by atoms with Crippen LogP contribution < -0.4 is 5.32 Å². The van der Waals surface area contributed by atoms with Crippen molar-refractivity contribution < 1.29 is 15.3 Å². The fourth-order valence-corrected chi connectivity index (χ4v) is 4.50. The molecule has 0 saturated heterocycles. The molecule has 5 nitrogen and oxygen atoms in total. The van der Waals surface area contributed by atoms with Crippen molar-refractivity contribution in [3.05, 3.63) is 24.3 Å². The van der Waals surface area contributed by atoms with Gasteiger partial charge in [-0.15, -0.1) is 0 Å². The first-order valence-electron chi connectivity index (χ1n) is 14.8. The molecule has 0 amide bonds. The van der Waals surface area contributed by atoms with E-state index in [1.54, 1.807) is 0 Å². The van der Waals surface area contributed by atoms with Crippen LogP contribution in [0.15, 0.2) is 24.3 Å². The average Bonchev–Trinajstić information content (AvgIpc) is 2.87. The van der Waals surface area contributed by atoms with Crippen LogP contribution in [0.5, 0.6) is 0 Å². The second kappa shape index (κ2) is 27.9. The number of nitrogens with zero attached hydrogens (tertiary/aromatic N) is 1. The average molecular weight is 497 g/mol. The quantitative estimate of drug-likeness (QED) is 0.0830. The molecule has 0 aliphatic rings. The van der Waals surface area contributed by atoms with Crippen molar-refractivity contribution in [1.29, 1.82) is 0 Å². The Kier molecular flexibility index (Phi) is 27.3. The molecule has 2 atom stereocenters. The highest BCUT2D eigenvalue weighted by molar-refractivity contribution is 5.08. The number of nitrogens with one attached hydrogen (secondary N) is 1. The van der Waals surface area contributed by atoms with Gasteiger partial charge in [0.2, 0.25) is 0 Å². The first-order valence-corrected chi connectivity index (χ1v) is 14.8. The van der Waals surface area contributed by atoms with Crippen molar-refractivity contribution in [3.8, 4) is 0 Å². The van der Waals surface area contributed by atoms with Crippen molar-refractivity contribution in [2.24, 2.45) is 0 Å². The van der Waals surface area contributed by atoms with Crippen molar-refractivity contribution >= 4 is 0 Å². The zero-order valence-electron chi connectivity index (χ0n) is 23.3. The molecular formula is C30H60N2O3. The molecule has 0 heterocycles. The largest absolute Gasteiger partial charge is 0.396 e. The summed E-state index contributed by atoms with van der Waals surface area (Å²) in [6.07, 6.45) is 28.8. The van der Waals surface area contributed by atoms with Gasteiger partial charge in [0.1, 0.15) is 0 Å². The van der Waals surface area contributed by atoms with Gasteiger partial charge in [-0.25, -0.2) is 0 Å². The molecule has 0 aliphatic carbocycles. The van der Waals surface area contributed by atoms with Crippen molar-refractivity contribution in [2.45, 2.75) is 129 Å². The minimum atomic E-state index is 0.162. The number of hydrogen-bond acceptors (Lipinski definition) is 5. The summed E-state index contributed by atoms with van der Waals surface area (Å²) in [6.45, 7) is 7.44. The lowest BCUT2D eigenvalue weighted by Crippen LogP contribution is -2.48. The predicted octanol–water partition coefficient (Wildman–Crippen LogP) is 5.99. The number of hydrogen-bond donors (Lipinski definition) is 4. The normalized spacial score (nSPS) is 14.0. The summed E-state index contributed by atoms with van der Waals surface area (Å²) in [6, 6.07) is 0.406. The molecule has 0 fully saturated rings. The van der Waals surface area contributed by atoms with Gasteiger partial charge >= 0.3 is 0 Å². The van der Waals surface area contributed by atoms with Gasteiger partial charge in [0, 0.05) is 45.0 Å². The van der Waals surface area contributed by atoms with Crippen LogP contribution in [0.2, 0.25) is 0 Å². The van der Waals surface area contributed by atoms with E-state index >= 15 is 0 Å². The minimum absolute atomic E-state index is 0.162. The SMILES string of the molecule is CCCCCCCCCCCCCCC=CC=CC(NCCCO)C(C)N(CCCO)CCCO. The Morgan fingerprint density at radius 2 is 1.17 bits per heavy atom.